The van der Waals surface area contributed by atoms with E-state index in [1.54, 1.807) is 13.0 Å². The van der Waals surface area contributed by atoms with Crippen LogP contribution in [0.1, 0.15) is 48.4 Å². The van der Waals surface area contributed by atoms with Crippen LogP contribution in [0.2, 0.25) is 0 Å². The molecule has 0 heterocycles. The van der Waals surface area contributed by atoms with Crippen LogP contribution in [0.15, 0.2) is 11.6 Å². The third kappa shape index (κ3) is 9.78. The van der Waals surface area contributed by atoms with Gasteiger partial charge in [-0.2, -0.15) is 0 Å². The average molecular weight is 410 g/mol. The molecule has 0 aromatic heterocycles. The number of hydrogen-bond donors (Lipinski definition) is 3. The van der Waals surface area contributed by atoms with Crippen molar-refractivity contribution in [1.29, 1.82) is 0 Å². The van der Waals surface area contributed by atoms with Crippen molar-refractivity contribution in [2.45, 2.75) is 71.2 Å². The first-order valence-electron chi connectivity index (χ1n) is 8.71. The number of nitrogens with two attached hydrogens (primary N) is 1. The Labute approximate surface area is 160 Å². The molecule has 27 heavy (non-hydrogen) atoms. The number of ether oxygens (including phenoxy) is 2. The molecule has 3 unspecified atom stereocenters. The average Bonchev–Trinajstić information content (AvgIpc) is 2.62. The van der Waals surface area contributed by atoms with E-state index >= 15 is 0 Å². The maximum atomic E-state index is 12.0. The predicted octanol–water partition coefficient (Wildman–Crippen LogP) is 2.10. The van der Waals surface area contributed by atoms with Crippen LogP contribution in [-0.2, 0) is 32.9 Å². The van der Waals surface area contributed by atoms with Crippen LogP contribution < -0.4 is 11.1 Å². The summed E-state index contributed by atoms with van der Waals surface area (Å²) in [5, 5.41) is 9.89. The molecule has 1 amide bonds. The van der Waals surface area contributed by atoms with Gasteiger partial charge in [-0.15, -0.1) is 4.67 Å². The van der Waals surface area contributed by atoms with Gasteiger partial charge < -0.3 is 20.5 Å². The van der Waals surface area contributed by atoms with E-state index in [4.69, 9.17) is 29.6 Å². The Hall–Kier alpha value is -1.58. The summed E-state index contributed by atoms with van der Waals surface area (Å²) in [5.74, 6) is -0.524. The number of nitrogens with one attached hydrogen (secondary N) is 1. The van der Waals surface area contributed by atoms with E-state index < -0.39 is 14.0 Å². The van der Waals surface area contributed by atoms with Crippen LogP contribution >= 0.6 is 7.91 Å². The Balaban J connectivity index is 0. The van der Waals surface area contributed by atoms with Crippen molar-refractivity contribution in [2.24, 2.45) is 5.73 Å². The van der Waals surface area contributed by atoms with Crippen LogP contribution in [0.5, 0.6) is 0 Å². The molecule has 10 nitrogen and oxygen atoms in total. The van der Waals surface area contributed by atoms with Crippen LogP contribution in [0.3, 0.4) is 0 Å². The minimum atomic E-state index is -3.04. The fraction of sp³-hybridized carbons (Fsp3) is 0.750. The molecule has 0 radical (unpaired) electrons. The van der Waals surface area contributed by atoms with Gasteiger partial charge in [0, 0.05) is 20.0 Å². The molecule has 11 heteroatoms. The largest absolute Gasteiger partial charge is 0.496 e. The summed E-state index contributed by atoms with van der Waals surface area (Å²) in [6.45, 7) is 7.62. The molecule has 4 N–H and O–H groups in total. The maximum absolute atomic E-state index is 12.0. The summed E-state index contributed by atoms with van der Waals surface area (Å²) in [6.07, 6.45) is 3.48. The van der Waals surface area contributed by atoms with E-state index in [9.17, 15) is 9.59 Å². The first kappa shape index (κ1) is 25.4. The molecule has 3 atom stereocenters. The van der Waals surface area contributed by atoms with Crippen molar-refractivity contribution >= 4 is 19.8 Å². The SMILES string of the molecule is CCOC(=O)C1=CC(OC(CC)CC)C(NC(C)=O)C(N)C1.O=P(=O)OO.[HH]. The van der Waals surface area contributed by atoms with Gasteiger partial charge in [-0.1, -0.05) is 13.8 Å². The topological polar surface area (TPSA) is 154 Å². The van der Waals surface area contributed by atoms with Gasteiger partial charge >= 0.3 is 13.9 Å². The number of carbonyl (C=O) groups excluding carboxylic acids is 2. The first-order valence-corrected chi connectivity index (χ1v) is 9.81. The fourth-order valence-electron chi connectivity index (χ4n) is 2.62. The molecule has 0 saturated heterocycles. The van der Waals surface area contributed by atoms with Crippen molar-refractivity contribution in [3.05, 3.63) is 11.6 Å². The van der Waals surface area contributed by atoms with Gasteiger partial charge in [0.2, 0.25) is 5.91 Å². The Bertz CT molecular complexity index is 573. The van der Waals surface area contributed by atoms with E-state index in [2.05, 4.69) is 9.99 Å². The second kappa shape index (κ2) is 13.6. The van der Waals surface area contributed by atoms with E-state index in [1.165, 1.54) is 6.92 Å². The van der Waals surface area contributed by atoms with E-state index in [0.717, 1.165) is 12.8 Å². The molecule has 1 rings (SSSR count). The van der Waals surface area contributed by atoms with Crippen molar-refractivity contribution in [1.82, 2.24) is 5.32 Å². The van der Waals surface area contributed by atoms with Gasteiger partial charge in [0.25, 0.3) is 0 Å². The summed E-state index contributed by atoms with van der Waals surface area (Å²) >= 11 is 0. The highest BCUT2D eigenvalue weighted by Crippen LogP contribution is 2.24. The number of rotatable bonds is 8. The van der Waals surface area contributed by atoms with Crippen molar-refractivity contribution in [3.63, 3.8) is 0 Å². The van der Waals surface area contributed by atoms with E-state index in [-0.39, 0.29) is 31.5 Å². The lowest BCUT2D eigenvalue weighted by molar-refractivity contribution is -0.139. The smallest absolute Gasteiger partial charge is 0.463 e. The van der Waals surface area contributed by atoms with Crippen LogP contribution in [0, 0.1) is 0 Å². The highest BCUT2D eigenvalue weighted by molar-refractivity contribution is 7.24. The molecule has 0 bridgehead atoms. The monoisotopic (exact) mass is 410 g/mol. The van der Waals surface area contributed by atoms with E-state index in [1.807, 2.05) is 13.8 Å². The molecule has 0 spiro atoms. The lowest BCUT2D eigenvalue weighted by atomic mass is 9.88. The summed E-state index contributed by atoms with van der Waals surface area (Å²) in [7, 11) is -3.04. The van der Waals surface area contributed by atoms with Crippen LogP contribution in [0.25, 0.3) is 0 Å². The van der Waals surface area contributed by atoms with Gasteiger partial charge in [0.1, 0.15) is 0 Å². The molecule has 1 aliphatic carbocycles. The van der Waals surface area contributed by atoms with Crippen LogP contribution in [-0.4, -0.2) is 48.0 Å². The summed E-state index contributed by atoms with van der Waals surface area (Å²) < 4.78 is 31.7. The molecule has 0 fully saturated rings. The Morgan fingerprint density at radius 2 is 1.93 bits per heavy atom. The molecular formula is C16H31N2O8P. The minimum absolute atomic E-state index is 0. The quantitative estimate of drug-likeness (QED) is 0.236. The Kier molecular flexibility index (Phi) is 12.8. The summed E-state index contributed by atoms with van der Waals surface area (Å²) in [4.78, 5) is 23.4. The zero-order chi connectivity index (χ0) is 21.0. The lowest BCUT2D eigenvalue weighted by Crippen LogP contribution is -2.57. The Morgan fingerprint density at radius 1 is 1.37 bits per heavy atom. The molecule has 0 aromatic carbocycles. The second-order valence-corrected chi connectivity index (χ2v) is 6.46. The van der Waals surface area contributed by atoms with Crippen molar-refractivity contribution in [3.8, 4) is 0 Å². The molecule has 158 valence electrons. The van der Waals surface area contributed by atoms with E-state index in [0.29, 0.717) is 18.6 Å². The zero-order valence-electron chi connectivity index (χ0n) is 16.0. The molecule has 0 saturated carbocycles. The zero-order valence-corrected chi connectivity index (χ0v) is 16.9. The van der Waals surface area contributed by atoms with Gasteiger partial charge in [0.15, 0.2) is 0 Å². The van der Waals surface area contributed by atoms with Crippen molar-refractivity contribution in [2.75, 3.05) is 6.61 Å². The highest BCUT2D eigenvalue weighted by Gasteiger charge is 2.35. The number of esters is 1. The number of carbonyl (C=O) groups is 2. The first-order chi connectivity index (χ1) is 12.7. The summed E-state index contributed by atoms with van der Waals surface area (Å²) in [5.41, 5.74) is 6.68. The number of amides is 1. The normalized spacial score (nSPS) is 21.6. The fourth-order valence-corrected chi connectivity index (χ4v) is 2.62. The minimum Gasteiger partial charge on any atom is -0.463 e. The number of hydrogen-bond acceptors (Lipinski definition) is 9. The predicted molar refractivity (Wildman–Crippen MR) is 98.3 cm³/mol. The third-order valence-corrected chi connectivity index (χ3v) is 4.00. The molecule has 1 aliphatic rings. The van der Waals surface area contributed by atoms with Gasteiger partial charge in [-0.3, -0.25) is 4.79 Å². The summed E-state index contributed by atoms with van der Waals surface area (Å²) in [6, 6.07) is -0.719. The van der Waals surface area contributed by atoms with Crippen LogP contribution in [0.4, 0.5) is 0 Å². The van der Waals surface area contributed by atoms with Gasteiger partial charge in [0.05, 0.1) is 24.9 Å². The van der Waals surface area contributed by atoms with Gasteiger partial charge in [-0.25, -0.2) is 19.2 Å². The lowest BCUT2D eigenvalue weighted by Gasteiger charge is -2.36. The molecular weight excluding hydrogens is 379 g/mol. The third-order valence-electron chi connectivity index (χ3n) is 3.87. The standard InChI is InChI=1S/C16H28N2O4.HO4P.H2/c1-5-12(6-2)22-14-9-11(16(20)21-7-3)8-13(17)15(14)18-10(4)19;1-4-5(2)3;/h9,12-15H,5-8,17H2,1-4H3,(H,18,19);1H;1H. The van der Waals surface area contributed by atoms with Gasteiger partial charge in [-0.05, 0) is 32.3 Å². The van der Waals surface area contributed by atoms with Crippen molar-refractivity contribution < 1.29 is 39.6 Å². The maximum Gasteiger partial charge on any atom is 0.496 e. The molecule has 0 aromatic rings. The Morgan fingerprint density at radius 3 is 2.33 bits per heavy atom. The highest BCUT2D eigenvalue weighted by atomic mass is 31.1. The second-order valence-electron chi connectivity index (χ2n) is 5.85. The molecule has 0 aliphatic heterocycles.